The molecule has 0 aliphatic carbocycles. The zero-order chi connectivity index (χ0) is 11.1. The van der Waals surface area contributed by atoms with Crippen LogP contribution in [-0.2, 0) is 14.3 Å². The molecule has 0 saturated carbocycles. The van der Waals surface area contributed by atoms with E-state index in [1.165, 1.54) is 0 Å². The molecule has 14 heavy (non-hydrogen) atoms. The van der Waals surface area contributed by atoms with Crippen molar-refractivity contribution in [1.82, 2.24) is 0 Å². The normalized spacial score (nSPS) is 12.6. The van der Waals surface area contributed by atoms with Crippen molar-refractivity contribution in [2.24, 2.45) is 5.92 Å². The highest BCUT2D eigenvalue weighted by atomic mass is 16.6. The summed E-state index contributed by atoms with van der Waals surface area (Å²) in [4.78, 5) is 21.8. The van der Waals surface area contributed by atoms with Crippen LogP contribution in [0.2, 0.25) is 0 Å². The van der Waals surface area contributed by atoms with Crippen LogP contribution in [0.4, 0.5) is 0 Å². The van der Waals surface area contributed by atoms with Gasteiger partial charge in [-0.3, -0.25) is 4.79 Å². The second kappa shape index (κ2) is 6.40. The van der Waals surface area contributed by atoms with Gasteiger partial charge in [-0.05, 0) is 6.42 Å². The van der Waals surface area contributed by atoms with Crippen molar-refractivity contribution >= 4 is 11.9 Å². The lowest BCUT2D eigenvalue weighted by Crippen LogP contribution is -2.31. The molecule has 0 aromatic rings. The summed E-state index contributed by atoms with van der Waals surface area (Å²) in [5.41, 5.74) is 0. The minimum Gasteiger partial charge on any atom is -0.478 e. The molecule has 0 fully saturated rings. The van der Waals surface area contributed by atoms with Gasteiger partial charge in [0, 0.05) is 12.3 Å². The van der Waals surface area contributed by atoms with Crippen LogP contribution >= 0.6 is 0 Å². The average molecular weight is 202 g/mol. The molecule has 0 bridgehead atoms. The summed E-state index contributed by atoms with van der Waals surface area (Å²) in [6.45, 7) is 5.39. The van der Waals surface area contributed by atoms with Gasteiger partial charge in [0.25, 0.3) is 0 Å². The summed E-state index contributed by atoms with van der Waals surface area (Å²) in [7, 11) is 0. The van der Waals surface area contributed by atoms with Gasteiger partial charge in [-0.1, -0.05) is 27.2 Å². The Hall–Kier alpha value is -1.06. The Bertz CT molecular complexity index is 198. The number of carbonyl (C=O) groups excluding carboxylic acids is 1. The number of carboxylic acids is 1. The second-order valence-electron chi connectivity index (χ2n) is 3.60. The molecule has 1 atom stereocenters. The lowest BCUT2D eigenvalue weighted by atomic mass is 10.1. The molecule has 0 aromatic carbocycles. The molecule has 0 rings (SSSR count). The number of esters is 1. The molecular weight excluding hydrogens is 184 g/mol. The summed E-state index contributed by atoms with van der Waals surface area (Å²) in [5, 5.41) is 8.74. The van der Waals surface area contributed by atoms with Crippen molar-refractivity contribution in [1.29, 1.82) is 0 Å². The number of unbranched alkanes of at least 4 members (excludes halogenated alkanes) is 1. The van der Waals surface area contributed by atoms with Crippen molar-refractivity contribution < 1.29 is 19.4 Å². The highest BCUT2D eigenvalue weighted by molar-refractivity contribution is 5.78. The molecule has 4 nitrogen and oxygen atoms in total. The zero-order valence-electron chi connectivity index (χ0n) is 8.95. The van der Waals surface area contributed by atoms with E-state index in [0.717, 1.165) is 12.8 Å². The van der Waals surface area contributed by atoms with E-state index >= 15 is 0 Å². The van der Waals surface area contributed by atoms with Crippen LogP contribution in [0.3, 0.4) is 0 Å². The Morgan fingerprint density at radius 3 is 2.29 bits per heavy atom. The number of rotatable bonds is 6. The molecule has 0 heterocycles. The van der Waals surface area contributed by atoms with Gasteiger partial charge >= 0.3 is 11.9 Å². The first kappa shape index (κ1) is 12.9. The first-order valence-electron chi connectivity index (χ1n) is 4.91. The average Bonchev–Trinajstić information content (AvgIpc) is 2.09. The second-order valence-corrected chi connectivity index (χ2v) is 3.60. The minimum atomic E-state index is -1.08. The fraction of sp³-hybridized carbons (Fsp3) is 0.800. The van der Waals surface area contributed by atoms with Crippen LogP contribution in [0, 0.1) is 5.92 Å². The Morgan fingerprint density at radius 2 is 1.93 bits per heavy atom. The largest absolute Gasteiger partial charge is 0.478 e. The van der Waals surface area contributed by atoms with Gasteiger partial charge in [0.15, 0.2) is 0 Å². The van der Waals surface area contributed by atoms with Gasteiger partial charge < -0.3 is 9.84 Å². The fourth-order valence-electron chi connectivity index (χ4n) is 0.993. The monoisotopic (exact) mass is 202 g/mol. The predicted octanol–water partition coefficient (Wildman–Crippen LogP) is 1.83. The fourth-order valence-corrected chi connectivity index (χ4v) is 0.993. The smallest absolute Gasteiger partial charge is 0.345 e. The molecule has 0 aliphatic heterocycles. The van der Waals surface area contributed by atoms with Gasteiger partial charge in [-0.25, -0.2) is 4.79 Å². The van der Waals surface area contributed by atoms with E-state index in [0.29, 0.717) is 6.42 Å². The summed E-state index contributed by atoms with van der Waals surface area (Å²) in [6.07, 6.45) is 0.921. The number of carboxylic acid groups (broad SMARTS) is 1. The SMILES string of the molecule is CCCCC(=O)OC(C(=O)O)C(C)C. The maximum absolute atomic E-state index is 11.1. The first-order valence-corrected chi connectivity index (χ1v) is 4.91. The van der Waals surface area contributed by atoms with Crippen molar-refractivity contribution in [3.63, 3.8) is 0 Å². The maximum atomic E-state index is 11.1. The third kappa shape index (κ3) is 4.84. The van der Waals surface area contributed by atoms with E-state index in [1.54, 1.807) is 13.8 Å². The summed E-state index contributed by atoms with van der Waals surface area (Å²) < 4.78 is 4.84. The molecule has 0 saturated heterocycles. The van der Waals surface area contributed by atoms with Crippen molar-refractivity contribution in [3.05, 3.63) is 0 Å². The third-order valence-electron chi connectivity index (χ3n) is 1.84. The molecule has 82 valence electrons. The van der Waals surface area contributed by atoms with Crippen LogP contribution < -0.4 is 0 Å². The number of carbonyl (C=O) groups is 2. The van der Waals surface area contributed by atoms with Crippen LogP contribution in [0.15, 0.2) is 0 Å². The van der Waals surface area contributed by atoms with E-state index in [4.69, 9.17) is 9.84 Å². The Balaban J connectivity index is 4.04. The highest BCUT2D eigenvalue weighted by Crippen LogP contribution is 2.09. The summed E-state index contributed by atoms with van der Waals surface area (Å²) in [6, 6.07) is 0. The molecule has 0 amide bonds. The van der Waals surface area contributed by atoms with Gasteiger partial charge in [-0.2, -0.15) is 0 Å². The molecule has 1 unspecified atom stereocenters. The quantitative estimate of drug-likeness (QED) is 0.667. The topological polar surface area (TPSA) is 63.6 Å². The van der Waals surface area contributed by atoms with Gasteiger partial charge in [-0.15, -0.1) is 0 Å². The molecule has 1 N–H and O–H groups in total. The van der Waals surface area contributed by atoms with Crippen molar-refractivity contribution in [3.8, 4) is 0 Å². The number of aliphatic carboxylic acids is 1. The number of hydrogen-bond acceptors (Lipinski definition) is 3. The van der Waals surface area contributed by atoms with Crippen LogP contribution in [0.1, 0.15) is 40.0 Å². The minimum absolute atomic E-state index is 0.196. The molecular formula is C10H18O4. The molecule has 4 heteroatoms. The Morgan fingerprint density at radius 1 is 1.36 bits per heavy atom. The lowest BCUT2D eigenvalue weighted by Gasteiger charge is -2.16. The Labute approximate surface area is 84.3 Å². The summed E-state index contributed by atoms with van der Waals surface area (Å²) in [5.74, 6) is -1.70. The van der Waals surface area contributed by atoms with E-state index < -0.39 is 18.0 Å². The molecule has 0 aliphatic rings. The van der Waals surface area contributed by atoms with Crippen LogP contribution in [0.5, 0.6) is 0 Å². The lowest BCUT2D eigenvalue weighted by molar-refractivity contribution is -0.167. The van der Waals surface area contributed by atoms with Gasteiger partial charge in [0.1, 0.15) is 0 Å². The standard InChI is InChI=1S/C10H18O4/c1-4-5-6-8(11)14-9(7(2)3)10(12)13/h7,9H,4-6H2,1-3H3,(H,12,13). The zero-order valence-corrected chi connectivity index (χ0v) is 8.95. The van der Waals surface area contributed by atoms with Gasteiger partial charge in [0.2, 0.25) is 6.10 Å². The number of hydrogen-bond donors (Lipinski definition) is 1. The molecule has 0 spiro atoms. The van der Waals surface area contributed by atoms with Gasteiger partial charge in [0.05, 0.1) is 0 Å². The molecule has 0 radical (unpaired) electrons. The van der Waals surface area contributed by atoms with E-state index in [2.05, 4.69) is 0 Å². The van der Waals surface area contributed by atoms with E-state index in [1.807, 2.05) is 6.92 Å². The van der Waals surface area contributed by atoms with Crippen LogP contribution in [-0.4, -0.2) is 23.1 Å². The molecule has 0 aromatic heterocycles. The third-order valence-corrected chi connectivity index (χ3v) is 1.84. The first-order chi connectivity index (χ1) is 6.49. The van der Waals surface area contributed by atoms with Crippen molar-refractivity contribution in [2.45, 2.75) is 46.1 Å². The Kier molecular flexibility index (Phi) is 5.92. The number of ether oxygens (including phenoxy) is 1. The van der Waals surface area contributed by atoms with Crippen molar-refractivity contribution in [2.75, 3.05) is 0 Å². The summed E-state index contributed by atoms with van der Waals surface area (Å²) >= 11 is 0. The van der Waals surface area contributed by atoms with E-state index in [-0.39, 0.29) is 5.92 Å². The predicted molar refractivity (Wildman–Crippen MR) is 51.9 cm³/mol. The van der Waals surface area contributed by atoms with E-state index in [9.17, 15) is 9.59 Å². The highest BCUT2D eigenvalue weighted by Gasteiger charge is 2.25. The maximum Gasteiger partial charge on any atom is 0.345 e. The van der Waals surface area contributed by atoms with Crippen LogP contribution in [0.25, 0.3) is 0 Å².